The third-order valence-electron chi connectivity index (χ3n) is 3.60. The summed E-state index contributed by atoms with van der Waals surface area (Å²) < 4.78 is 0. The molecule has 72 valence electrons. The van der Waals surface area contributed by atoms with E-state index < -0.39 is 0 Å². The molecule has 2 atom stereocenters. The van der Waals surface area contributed by atoms with Gasteiger partial charge in [-0.05, 0) is 36.5 Å². The fraction of sp³-hybridized carbons (Fsp3) is 0.417. The van der Waals surface area contributed by atoms with Crippen molar-refractivity contribution in [3.8, 4) is 0 Å². The number of carbonyl (C=O) groups excluding carboxylic acids is 1. The molecule has 0 spiro atoms. The zero-order valence-electron chi connectivity index (χ0n) is 7.99. The van der Waals surface area contributed by atoms with E-state index in [0.717, 1.165) is 12.0 Å². The van der Waals surface area contributed by atoms with E-state index in [1.54, 1.807) is 0 Å². The van der Waals surface area contributed by atoms with Crippen LogP contribution in [-0.2, 0) is 0 Å². The summed E-state index contributed by atoms with van der Waals surface area (Å²) in [4.78, 5) is 12.0. The van der Waals surface area contributed by atoms with Crippen molar-refractivity contribution in [3.63, 3.8) is 0 Å². The number of carbonyl (C=O) groups is 1. The third-order valence-corrected chi connectivity index (χ3v) is 3.60. The van der Waals surface area contributed by atoms with Crippen LogP contribution in [-0.4, -0.2) is 5.78 Å². The van der Waals surface area contributed by atoms with Gasteiger partial charge >= 0.3 is 0 Å². The Hall–Kier alpha value is -1.31. The minimum absolute atomic E-state index is 0.270. The smallest absolute Gasteiger partial charge is 0.166 e. The molecule has 1 fully saturated rings. The number of hydrogen-bond donors (Lipinski definition) is 1. The molecule has 0 amide bonds. The van der Waals surface area contributed by atoms with E-state index in [0.29, 0.717) is 17.4 Å². The lowest BCUT2D eigenvalue weighted by atomic mass is 9.96. The predicted molar refractivity (Wildman–Crippen MR) is 55.3 cm³/mol. The number of hydrogen-bond acceptors (Lipinski definition) is 2. The van der Waals surface area contributed by atoms with Crippen LogP contribution in [0.5, 0.6) is 0 Å². The molecule has 2 aliphatic carbocycles. The highest BCUT2D eigenvalue weighted by molar-refractivity contribution is 6.04. The SMILES string of the molecule is Nc1ccc2c(c1)C(=O)C1CCCC21. The van der Waals surface area contributed by atoms with Crippen LogP contribution in [0.4, 0.5) is 5.69 Å². The molecule has 2 heteroatoms. The van der Waals surface area contributed by atoms with Crippen molar-refractivity contribution in [1.29, 1.82) is 0 Å². The summed E-state index contributed by atoms with van der Waals surface area (Å²) in [7, 11) is 0. The van der Waals surface area contributed by atoms with Gasteiger partial charge in [0.25, 0.3) is 0 Å². The number of rotatable bonds is 0. The Morgan fingerprint density at radius 3 is 2.86 bits per heavy atom. The van der Waals surface area contributed by atoms with Gasteiger partial charge in [-0.3, -0.25) is 4.79 Å². The second-order valence-corrected chi connectivity index (χ2v) is 4.35. The number of fused-ring (bicyclic) bond motifs is 3. The second kappa shape index (κ2) is 2.59. The standard InChI is InChI=1S/C12H13NO/c13-7-4-5-9-8-2-1-3-10(8)12(14)11(9)6-7/h4-6,8,10H,1-3,13H2. The average Bonchev–Trinajstić information content (AvgIpc) is 2.72. The predicted octanol–water partition coefficient (Wildman–Crippen LogP) is 2.35. The molecule has 2 nitrogen and oxygen atoms in total. The molecule has 2 aliphatic rings. The number of benzene rings is 1. The number of ketones is 1. The number of nitrogen functional groups attached to an aromatic ring is 1. The molecule has 2 N–H and O–H groups in total. The molecule has 2 unspecified atom stereocenters. The minimum Gasteiger partial charge on any atom is -0.399 e. The summed E-state index contributed by atoms with van der Waals surface area (Å²) in [5, 5.41) is 0. The summed E-state index contributed by atoms with van der Waals surface area (Å²) in [6.07, 6.45) is 3.44. The molecule has 0 aliphatic heterocycles. The largest absolute Gasteiger partial charge is 0.399 e. The van der Waals surface area contributed by atoms with Crippen molar-refractivity contribution < 1.29 is 4.79 Å². The summed E-state index contributed by atoms with van der Waals surface area (Å²) in [6.45, 7) is 0. The molecular formula is C12H13NO. The van der Waals surface area contributed by atoms with Crippen molar-refractivity contribution in [2.45, 2.75) is 25.2 Å². The van der Waals surface area contributed by atoms with Crippen LogP contribution < -0.4 is 5.73 Å². The van der Waals surface area contributed by atoms with Gasteiger partial charge in [-0.1, -0.05) is 12.5 Å². The topological polar surface area (TPSA) is 43.1 Å². The molecule has 0 bridgehead atoms. The van der Waals surface area contributed by atoms with Gasteiger partial charge < -0.3 is 5.73 Å². The van der Waals surface area contributed by atoms with Crippen LogP contribution in [0.3, 0.4) is 0 Å². The number of anilines is 1. The van der Waals surface area contributed by atoms with Crippen LogP contribution in [0.25, 0.3) is 0 Å². The summed E-state index contributed by atoms with van der Waals surface area (Å²) in [5.74, 6) is 1.10. The Labute approximate surface area is 83.1 Å². The quantitative estimate of drug-likeness (QED) is 0.633. The van der Waals surface area contributed by atoms with Gasteiger partial charge in [-0.25, -0.2) is 0 Å². The molecule has 0 aromatic heterocycles. The average molecular weight is 187 g/mol. The van der Waals surface area contributed by atoms with Crippen LogP contribution >= 0.6 is 0 Å². The fourth-order valence-electron chi connectivity index (χ4n) is 2.96. The normalized spacial score (nSPS) is 29.0. The van der Waals surface area contributed by atoms with Gasteiger partial charge in [0.2, 0.25) is 0 Å². The van der Waals surface area contributed by atoms with Crippen molar-refractivity contribution >= 4 is 11.5 Å². The summed E-state index contributed by atoms with van der Waals surface area (Å²) >= 11 is 0. The van der Waals surface area contributed by atoms with Crippen LogP contribution in [0.2, 0.25) is 0 Å². The Balaban J connectivity index is 2.17. The van der Waals surface area contributed by atoms with E-state index in [4.69, 9.17) is 5.73 Å². The van der Waals surface area contributed by atoms with Crippen molar-refractivity contribution in [2.75, 3.05) is 5.73 Å². The molecule has 14 heavy (non-hydrogen) atoms. The molecule has 1 aromatic carbocycles. The molecule has 0 saturated heterocycles. The highest BCUT2D eigenvalue weighted by Gasteiger charge is 2.42. The summed E-state index contributed by atoms with van der Waals surface area (Å²) in [6, 6.07) is 5.79. The van der Waals surface area contributed by atoms with E-state index in [-0.39, 0.29) is 5.92 Å². The first kappa shape index (κ1) is 8.04. The lowest BCUT2D eigenvalue weighted by Gasteiger charge is -2.07. The highest BCUT2D eigenvalue weighted by Crippen LogP contribution is 2.48. The fourth-order valence-corrected chi connectivity index (χ4v) is 2.96. The van der Waals surface area contributed by atoms with Crippen molar-refractivity contribution in [3.05, 3.63) is 29.3 Å². The Bertz CT molecular complexity index is 411. The molecular weight excluding hydrogens is 174 g/mol. The first-order valence-electron chi connectivity index (χ1n) is 5.21. The summed E-state index contributed by atoms with van der Waals surface area (Å²) in [5.41, 5.74) is 8.53. The molecule has 1 saturated carbocycles. The van der Waals surface area contributed by atoms with Gasteiger partial charge in [-0.2, -0.15) is 0 Å². The Morgan fingerprint density at radius 2 is 2.00 bits per heavy atom. The zero-order valence-corrected chi connectivity index (χ0v) is 7.99. The third kappa shape index (κ3) is 0.884. The van der Waals surface area contributed by atoms with Crippen LogP contribution in [0, 0.1) is 5.92 Å². The maximum absolute atomic E-state index is 12.0. The van der Waals surface area contributed by atoms with Crippen molar-refractivity contribution in [2.24, 2.45) is 5.92 Å². The second-order valence-electron chi connectivity index (χ2n) is 4.35. The molecule has 3 rings (SSSR count). The highest BCUT2D eigenvalue weighted by atomic mass is 16.1. The van der Waals surface area contributed by atoms with E-state index >= 15 is 0 Å². The first-order valence-corrected chi connectivity index (χ1v) is 5.21. The van der Waals surface area contributed by atoms with Crippen LogP contribution in [0.1, 0.15) is 41.1 Å². The minimum atomic E-state index is 0.270. The lowest BCUT2D eigenvalue weighted by molar-refractivity contribution is 0.0932. The van der Waals surface area contributed by atoms with Gasteiger partial charge in [0, 0.05) is 17.2 Å². The van der Waals surface area contributed by atoms with E-state index in [2.05, 4.69) is 0 Å². The molecule has 0 heterocycles. The lowest BCUT2D eigenvalue weighted by Crippen LogP contribution is -2.06. The molecule has 1 aromatic rings. The first-order chi connectivity index (χ1) is 6.77. The van der Waals surface area contributed by atoms with Gasteiger partial charge in [-0.15, -0.1) is 0 Å². The van der Waals surface area contributed by atoms with E-state index in [9.17, 15) is 4.79 Å². The monoisotopic (exact) mass is 187 g/mol. The zero-order chi connectivity index (χ0) is 9.71. The number of Topliss-reactive ketones (excluding diaryl/α,β-unsaturated/α-hetero) is 1. The van der Waals surface area contributed by atoms with E-state index in [1.807, 2.05) is 18.2 Å². The Kier molecular flexibility index (Phi) is 1.49. The number of nitrogens with two attached hydrogens (primary N) is 1. The van der Waals surface area contributed by atoms with E-state index in [1.165, 1.54) is 18.4 Å². The molecule has 0 radical (unpaired) electrons. The van der Waals surface area contributed by atoms with Crippen molar-refractivity contribution in [1.82, 2.24) is 0 Å². The van der Waals surface area contributed by atoms with Gasteiger partial charge in [0.1, 0.15) is 0 Å². The maximum Gasteiger partial charge on any atom is 0.166 e. The maximum atomic E-state index is 12.0. The van der Waals surface area contributed by atoms with Crippen LogP contribution in [0.15, 0.2) is 18.2 Å². The Morgan fingerprint density at radius 1 is 1.21 bits per heavy atom. The van der Waals surface area contributed by atoms with Gasteiger partial charge in [0.15, 0.2) is 5.78 Å². The van der Waals surface area contributed by atoms with Gasteiger partial charge in [0.05, 0.1) is 0 Å².